The van der Waals surface area contributed by atoms with Gasteiger partial charge >= 0.3 is 0 Å². The Labute approximate surface area is 282 Å². The van der Waals surface area contributed by atoms with Gasteiger partial charge in [0.1, 0.15) is 11.2 Å². The van der Waals surface area contributed by atoms with Gasteiger partial charge in [0.05, 0.1) is 0 Å². The van der Waals surface area contributed by atoms with Crippen LogP contribution in [0.3, 0.4) is 0 Å². The minimum atomic E-state index is 0.635. The molecule has 228 valence electrons. The van der Waals surface area contributed by atoms with E-state index in [1.54, 1.807) is 0 Å². The van der Waals surface area contributed by atoms with Gasteiger partial charge in [0.25, 0.3) is 0 Å². The molecule has 0 N–H and O–H groups in total. The molecule has 0 radical (unpaired) electrons. The van der Waals surface area contributed by atoms with E-state index in [4.69, 9.17) is 19.4 Å². The standard InChI is InChI=1S/C45H27N3O/c1-3-12-28(13-4-1)30-16-11-17-31(24-30)44-46-43(29-14-5-2-6-15-29)47-45(48-44)32-22-23-35-37(25-32)33-18-7-8-19-34(33)39-27-42-40(26-38(35)39)36-20-9-10-21-41(36)49-42/h1-27H. The molecule has 0 saturated heterocycles. The van der Waals surface area contributed by atoms with Crippen molar-refractivity contribution in [2.45, 2.75) is 0 Å². The van der Waals surface area contributed by atoms with E-state index in [1.165, 1.54) is 26.9 Å². The summed E-state index contributed by atoms with van der Waals surface area (Å²) in [6, 6.07) is 56.9. The second-order valence-corrected chi connectivity index (χ2v) is 12.4. The number of rotatable bonds is 4. The molecule has 0 unspecified atom stereocenters. The van der Waals surface area contributed by atoms with Crippen molar-refractivity contribution in [3.8, 4) is 45.3 Å². The van der Waals surface area contributed by atoms with Crippen molar-refractivity contribution in [1.29, 1.82) is 0 Å². The molecule has 0 fully saturated rings. The average Bonchev–Trinajstić information content (AvgIpc) is 3.55. The highest BCUT2D eigenvalue weighted by molar-refractivity contribution is 6.28. The maximum atomic E-state index is 6.30. The minimum Gasteiger partial charge on any atom is -0.456 e. The van der Waals surface area contributed by atoms with Crippen LogP contribution in [0.25, 0.3) is 99.5 Å². The normalized spacial score (nSPS) is 11.7. The van der Waals surface area contributed by atoms with Crippen molar-refractivity contribution in [3.05, 3.63) is 164 Å². The quantitative estimate of drug-likeness (QED) is 0.183. The van der Waals surface area contributed by atoms with Crippen LogP contribution in [0.1, 0.15) is 0 Å². The van der Waals surface area contributed by atoms with Gasteiger partial charge in [-0.25, -0.2) is 15.0 Å². The third kappa shape index (κ3) is 4.57. The summed E-state index contributed by atoms with van der Waals surface area (Å²) in [5, 5.41) is 9.31. The van der Waals surface area contributed by atoms with Crippen molar-refractivity contribution in [2.24, 2.45) is 0 Å². The van der Waals surface area contributed by atoms with E-state index in [1.807, 2.05) is 48.5 Å². The number of nitrogens with zero attached hydrogens (tertiary/aromatic N) is 3. The first-order valence-corrected chi connectivity index (χ1v) is 16.4. The molecule has 0 atom stereocenters. The van der Waals surface area contributed by atoms with Gasteiger partial charge in [-0.15, -0.1) is 0 Å². The predicted octanol–water partition coefficient (Wildman–Crippen LogP) is 11.9. The summed E-state index contributed by atoms with van der Waals surface area (Å²) >= 11 is 0. The third-order valence-corrected chi connectivity index (χ3v) is 9.49. The SMILES string of the molecule is c1ccc(-c2cccc(-c3nc(-c4ccccc4)nc(-c4ccc5c(c4)c4ccccc4c4cc6oc7ccccc7c6cc54)n3)c2)cc1. The molecular weight excluding hydrogens is 599 g/mol. The van der Waals surface area contributed by atoms with Crippen LogP contribution in [0.15, 0.2) is 168 Å². The zero-order valence-corrected chi connectivity index (χ0v) is 26.3. The molecule has 0 amide bonds. The lowest BCUT2D eigenvalue weighted by molar-refractivity contribution is 0.669. The number of hydrogen-bond acceptors (Lipinski definition) is 4. The molecule has 4 heteroatoms. The molecule has 10 rings (SSSR count). The first-order chi connectivity index (χ1) is 24.3. The number of furan rings is 1. The summed E-state index contributed by atoms with van der Waals surface area (Å²) in [7, 11) is 0. The van der Waals surface area contributed by atoms with E-state index in [9.17, 15) is 0 Å². The van der Waals surface area contributed by atoms with E-state index >= 15 is 0 Å². The van der Waals surface area contributed by atoms with Crippen LogP contribution in [0, 0.1) is 0 Å². The van der Waals surface area contributed by atoms with Crippen molar-refractivity contribution in [3.63, 3.8) is 0 Å². The van der Waals surface area contributed by atoms with Crippen molar-refractivity contribution in [1.82, 2.24) is 15.0 Å². The molecule has 0 bridgehead atoms. The van der Waals surface area contributed by atoms with Gasteiger partial charge in [0.2, 0.25) is 0 Å². The fraction of sp³-hybridized carbons (Fsp3) is 0. The molecule has 8 aromatic carbocycles. The second kappa shape index (κ2) is 11.0. The number of fused-ring (bicyclic) bond motifs is 9. The predicted molar refractivity (Wildman–Crippen MR) is 201 cm³/mol. The zero-order valence-electron chi connectivity index (χ0n) is 26.3. The lowest BCUT2D eigenvalue weighted by Gasteiger charge is -2.13. The molecule has 4 nitrogen and oxygen atoms in total. The van der Waals surface area contributed by atoms with E-state index in [0.29, 0.717) is 17.5 Å². The Morgan fingerprint density at radius 2 is 0.776 bits per heavy atom. The minimum absolute atomic E-state index is 0.635. The van der Waals surface area contributed by atoms with E-state index < -0.39 is 0 Å². The summed E-state index contributed by atoms with van der Waals surface area (Å²) in [6.45, 7) is 0. The van der Waals surface area contributed by atoms with Crippen LogP contribution < -0.4 is 0 Å². The summed E-state index contributed by atoms with van der Waals surface area (Å²) in [4.78, 5) is 15.2. The lowest BCUT2D eigenvalue weighted by Crippen LogP contribution is -2.00. The number of aromatic nitrogens is 3. The molecular formula is C45H27N3O. The average molecular weight is 626 g/mol. The first-order valence-electron chi connectivity index (χ1n) is 16.4. The van der Waals surface area contributed by atoms with Gasteiger partial charge in [-0.05, 0) is 73.8 Å². The molecule has 0 aliphatic heterocycles. The third-order valence-electron chi connectivity index (χ3n) is 9.49. The van der Waals surface area contributed by atoms with E-state index in [2.05, 4.69) is 115 Å². The van der Waals surface area contributed by atoms with Gasteiger partial charge in [0.15, 0.2) is 17.5 Å². The highest BCUT2D eigenvalue weighted by Gasteiger charge is 2.17. The van der Waals surface area contributed by atoms with Gasteiger partial charge in [0, 0.05) is 27.5 Å². The highest BCUT2D eigenvalue weighted by atomic mass is 16.3. The molecule has 0 aliphatic rings. The van der Waals surface area contributed by atoms with E-state index in [0.717, 1.165) is 55.1 Å². The Bertz CT molecular complexity index is 2880. The van der Waals surface area contributed by atoms with Crippen molar-refractivity contribution < 1.29 is 4.42 Å². The van der Waals surface area contributed by atoms with Crippen LogP contribution in [0.2, 0.25) is 0 Å². The van der Waals surface area contributed by atoms with Crippen LogP contribution in [0.5, 0.6) is 0 Å². The largest absolute Gasteiger partial charge is 0.456 e. The Balaban J connectivity index is 1.21. The maximum absolute atomic E-state index is 6.30. The van der Waals surface area contributed by atoms with E-state index in [-0.39, 0.29) is 0 Å². The van der Waals surface area contributed by atoms with Gasteiger partial charge in [-0.1, -0.05) is 133 Å². The lowest BCUT2D eigenvalue weighted by atomic mass is 9.92. The number of para-hydroxylation sites is 1. The summed E-state index contributed by atoms with van der Waals surface area (Å²) in [6.07, 6.45) is 0. The topological polar surface area (TPSA) is 51.8 Å². The zero-order chi connectivity index (χ0) is 32.3. The Morgan fingerprint density at radius 1 is 0.265 bits per heavy atom. The van der Waals surface area contributed by atoms with Crippen LogP contribution in [-0.2, 0) is 0 Å². The van der Waals surface area contributed by atoms with Gasteiger partial charge < -0.3 is 4.42 Å². The molecule has 0 aliphatic carbocycles. The van der Waals surface area contributed by atoms with Gasteiger partial charge in [-0.2, -0.15) is 0 Å². The molecule has 10 aromatic rings. The smallest absolute Gasteiger partial charge is 0.164 e. The summed E-state index contributed by atoms with van der Waals surface area (Å²) in [5.41, 5.74) is 6.89. The molecule has 2 heterocycles. The number of benzene rings is 8. The number of hydrogen-bond donors (Lipinski definition) is 0. The first kappa shape index (κ1) is 27.5. The molecule has 49 heavy (non-hydrogen) atoms. The fourth-order valence-corrected chi connectivity index (χ4v) is 7.13. The van der Waals surface area contributed by atoms with Crippen LogP contribution >= 0.6 is 0 Å². The molecule has 0 spiro atoms. The second-order valence-electron chi connectivity index (χ2n) is 12.4. The summed E-state index contributed by atoms with van der Waals surface area (Å²) < 4.78 is 6.30. The molecule has 2 aromatic heterocycles. The van der Waals surface area contributed by atoms with Crippen LogP contribution in [-0.4, -0.2) is 15.0 Å². The fourth-order valence-electron chi connectivity index (χ4n) is 7.13. The maximum Gasteiger partial charge on any atom is 0.164 e. The Kier molecular flexibility index (Phi) is 6.15. The van der Waals surface area contributed by atoms with Crippen molar-refractivity contribution >= 4 is 54.3 Å². The monoisotopic (exact) mass is 625 g/mol. The Hall–Kier alpha value is -6.65. The van der Waals surface area contributed by atoms with Gasteiger partial charge in [-0.3, -0.25) is 0 Å². The van der Waals surface area contributed by atoms with Crippen molar-refractivity contribution in [2.75, 3.05) is 0 Å². The summed E-state index contributed by atoms with van der Waals surface area (Å²) in [5.74, 6) is 1.92. The van der Waals surface area contributed by atoms with Crippen LogP contribution in [0.4, 0.5) is 0 Å². The molecule has 0 saturated carbocycles. The Morgan fingerprint density at radius 3 is 1.51 bits per heavy atom. The highest BCUT2D eigenvalue weighted by Crippen LogP contribution is 2.41.